The molecule has 1 heterocycles. The van der Waals surface area contributed by atoms with Gasteiger partial charge in [0.25, 0.3) is 0 Å². The second-order valence-corrected chi connectivity index (χ2v) is 2.67. The van der Waals surface area contributed by atoms with Crippen LogP contribution in [0.5, 0.6) is 0 Å². The third kappa shape index (κ3) is 1.95. The predicted molar refractivity (Wildman–Crippen MR) is 47.7 cm³/mol. The molecular weight excluding hydrogens is 152 g/mol. The highest BCUT2D eigenvalue weighted by atomic mass is 16.3. The van der Waals surface area contributed by atoms with Gasteiger partial charge in [-0.25, -0.2) is 0 Å². The number of aliphatic hydroxyl groups is 1. The number of rotatable bonds is 4. The molecule has 0 amide bonds. The van der Waals surface area contributed by atoms with Crippen LogP contribution in [0.3, 0.4) is 0 Å². The van der Waals surface area contributed by atoms with Gasteiger partial charge in [-0.2, -0.15) is 5.10 Å². The minimum Gasteiger partial charge on any atom is -0.388 e. The van der Waals surface area contributed by atoms with Crippen LogP contribution in [0.15, 0.2) is 25.0 Å². The van der Waals surface area contributed by atoms with E-state index in [2.05, 4.69) is 11.7 Å². The van der Waals surface area contributed by atoms with Crippen LogP contribution in [0, 0.1) is 0 Å². The molecule has 0 bridgehead atoms. The number of nitrogens with zero attached hydrogens (tertiary/aromatic N) is 2. The first-order valence-corrected chi connectivity index (χ1v) is 4.09. The van der Waals surface area contributed by atoms with Gasteiger partial charge in [-0.3, -0.25) is 4.68 Å². The van der Waals surface area contributed by atoms with E-state index < -0.39 is 6.10 Å². The standard InChI is InChI=1S/C9H14N2O/c1-3-5-9(12)8-6-10-11(4-2)7-8/h3,6-7,9,12H,1,4-5H2,2H3. The first kappa shape index (κ1) is 9.00. The monoisotopic (exact) mass is 166 g/mol. The second-order valence-electron chi connectivity index (χ2n) is 2.67. The fourth-order valence-electron chi connectivity index (χ4n) is 1.02. The Labute approximate surface area is 72.3 Å². The fourth-order valence-corrected chi connectivity index (χ4v) is 1.02. The zero-order chi connectivity index (χ0) is 8.97. The van der Waals surface area contributed by atoms with Gasteiger partial charge in [0.1, 0.15) is 0 Å². The van der Waals surface area contributed by atoms with Gasteiger partial charge in [-0.15, -0.1) is 6.58 Å². The van der Waals surface area contributed by atoms with Gasteiger partial charge < -0.3 is 5.11 Å². The van der Waals surface area contributed by atoms with Crippen molar-refractivity contribution < 1.29 is 5.11 Å². The van der Waals surface area contributed by atoms with Gasteiger partial charge in [0.05, 0.1) is 12.3 Å². The first-order valence-electron chi connectivity index (χ1n) is 4.09. The zero-order valence-electron chi connectivity index (χ0n) is 7.27. The highest BCUT2D eigenvalue weighted by molar-refractivity contribution is 5.08. The lowest BCUT2D eigenvalue weighted by Crippen LogP contribution is -1.95. The van der Waals surface area contributed by atoms with Gasteiger partial charge in [0.2, 0.25) is 0 Å². The Morgan fingerprint density at radius 1 is 1.83 bits per heavy atom. The van der Waals surface area contributed by atoms with Crippen molar-refractivity contribution in [1.29, 1.82) is 0 Å². The van der Waals surface area contributed by atoms with E-state index in [4.69, 9.17) is 0 Å². The summed E-state index contributed by atoms with van der Waals surface area (Å²) in [4.78, 5) is 0. The van der Waals surface area contributed by atoms with Gasteiger partial charge in [0, 0.05) is 18.3 Å². The molecule has 0 aliphatic rings. The van der Waals surface area contributed by atoms with Crippen molar-refractivity contribution in [3.63, 3.8) is 0 Å². The molecule has 1 N–H and O–H groups in total. The Hall–Kier alpha value is -1.09. The molecule has 0 aliphatic heterocycles. The maximum absolute atomic E-state index is 9.50. The van der Waals surface area contributed by atoms with E-state index in [-0.39, 0.29) is 0 Å². The molecule has 66 valence electrons. The van der Waals surface area contributed by atoms with Crippen LogP contribution < -0.4 is 0 Å². The van der Waals surface area contributed by atoms with E-state index in [9.17, 15) is 5.11 Å². The van der Waals surface area contributed by atoms with E-state index in [1.54, 1.807) is 17.0 Å². The topological polar surface area (TPSA) is 38.1 Å². The molecule has 0 saturated carbocycles. The number of aromatic nitrogens is 2. The summed E-state index contributed by atoms with van der Waals surface area (Å²) in [6.07, 6.45) is 5.37. The maximum atomic E-state index is 9.50. The van der Waals surface area contributed by atoms with Crippen molar-refractivity contribution in [1.82, 2.24) is 9.78 Å². The summed E-state index contributed by atoms with van der Waals surface area (Å²) in [5.74, 6) is 0. The van der Waals surface area contributed by atoms with Crippen molar-refractivity contribution in [2.75, 3.05) is 0 Å². The molecule has 0 saturated heterocycles. The van der Waals surface area contributed by atoms with Crippen molar-refractivity contribution >= 4 is 0 Å². The normalized spacial score (nSPS) is 12.8. The largest absolute Gasteiger partial charge is 0.388 e. The number of aryl methyl sites for hydroxylation is 1. The number of hydrogen-bond donors (Lipinski definition) is 1. The van der Waals surface area contributed by atoms with E-state index in [1.165, 1.54) is 0 Å². The Kier molecular flexibility index (Phi) is 3.05. The summed E-state index contributed by atoms with van der Waals surface area (Å²) in [7, 11) is 0. The van der Waals surface area contributed by atoms with Gasteiger partial charge >= 0.3 is 0 Å². The van der Waals surface area contributed by atoms with Crippen molar-refractivity contribution in [2.24, 2.45) is 0 Å². The van der Waals surface area contributed by atoms with Crippen LogP contribution >= 0.6 is 0 Å². The molecule has 1 unspecified atom stereocenters. The zero-order valence-corrected chi connectivity index (χ0v) is 7.27. The molecular formula is C9H14N2O. The average Bonchev–Trinajstić information content (AvgIpc) is 2.52. The summed E-state index contributed by atoms with van der Waals surface area (Å²) in [5.41, 5.74) is 0.858. The summed E-state index contributed by atoms with van der Waals surface area (Å²) < 4.78 is 1.79. The Bertz CT molecular complexity index is 255. The highest BCUT2D eigenvalue weighted by Gasteiger charge is 2.06. The SMILES string of the molecule is C=CCC(O)c1cnn(CC)c1. The van der Waals surface area contributed by atoms with E-state index in [0.717, 1.165) is 12.1 Å². The molecule has 1 rings (SSSR count). The quantitative estimate of drug-likeness (QED) is 0.688. The van der Waals surface area contributed by atoms with Gasteiger partial charge in [0.15, 0.2) is 0 Å². The molecule has 0 aliphatic carbocycles. The lowest BCUT2D eigenvalue weighted by molar-refractivity contribution is 0.181. The summed E-state index contributed by atoms with van der Waals surface area (Å²) in [6, 6.07) is 0. The van der Waals surface area contributed by atoms with Crippen molar-refractivity contribution in [2.45, 2.75) is 26.0 Å². The molecule has 0 spiro atoms. The van der Waals surface area contributed by atoms with E-state index in [1.807, 2.05) is 13.1 Å². The number of hydrogen-bond acceptors (Lipinski definition) is 2. The molecule has 0 aromatic carbocycles. The van der Waals surface area contributed by atoms with Crippen LogP contribution in [-0.4, -0.2) is 14.9 Å². The van der Waals surface area contributed by atoms with Crippen LogP contribution in [0.2, 0.25) is 0 Å². The smallest absolute Gasteiger partial charge is 0.0854 e. The van der Waals surface area contributed by atoms with Crippen LogP contribution in [-0.2, 0) is 6.54 Å². The maximum Gasteiger partial charge on any atom is 0.0854 e. The van der Waals surface area contributed by atoms with Crippen LogP contribution in [0.1, 0.15) is 25.0 Å². The molecule has 1 atom stereocenters. The Morgan fingerprint density at radius 2 is 2.58 bits per heavy atom. The molecule has 3 heteroatoms. The third-order valence-corrected chi connectivity index (χ3v) is 1.75. The molecule has 0 radical (unpaired) electrons. The van der Waals surface area contributed by atoms with Crippen molar-refractivity contribution in [3.8, 4) is 0 Å². The predicted octanol–water partition coefficient (Wildman–Crippen LogP) is 1.51. The molecule has 3 nitrogen and oxygen atoms in total. The summed E-state index contributed by atoms with van der Waals surface area (Å²) in [5, 5.41) is 13.6. The lowest BCUT2D eigenvalue weighted by atomic mass is 10.1. The fraction of sp³-hybridized carbons (Fsp3) is 0.444. The molecule has 1 aromatic heterocycles. The second kappa shape index (κ2) is 4.07. The first-order chi connectivity index (χ1) is 5.77. The molecule has 1 aromatic rings. The van der Waals surface area contributed by atoms with Crippen LogP contribution in [0.25, 0.3) is 0 Å². The minimum absolute atomic E-state index is 0.456. The van der Waals surface area contributed by atoms with Gasteiger partial charge in [-0.05, 0) is 13.3 Å². The summed E-state index contributed by atoms with van der Waals surface area (Å²) in [6.45, 7) is 6.41. The number of aliphatic hydroxyl groups excluding tert-OH is 1. The average molecular weight is 166 g/mol. The highest BCUT2D eigenvalue weighted by Crippen LogP contribution is 2.15. The summed E-state index contributed by atoms with van der Waals surface area (Å²) >= 11 is 0. The lowest BCUT2D eigenvalue weighted by Gasteiger charge is -2.02. The third-order valence-electron chi connectivity index (χ3n) is 1.75. The van der Waals surface area contributed by atoms with E-state index >= 15 is 0 Å². The van der Waals surface area contributed by atoms with E-state index in [0.29, 0.717) is 6.42 Å². The molecule has 0 fully saturated rings. The van der Waals surface area contributed by atoms with Crippen molar-refractivity contribution in [3.05, 3.63) is 30.6 Å². The van der Waals surface area contributed by atoms with Crippen LogP contribution in [0.4, 0.5) is 0 Å². The molecule has 12 heavy (non-hydrogen) atoms. The minimum atomic E-state index is -0.456. The Balaban J connectivity index is 2.67. The Morgan fingerprint density at radius 3 is 3.08 bits per heavy atom. The van der Waals surface area contributed by atoms with Gasteiger partial charge in [-0.1, -0.05) is 6.08 Å².